The van der Waals surface area contributed by atoms with Gasteiger partial charge >= 0.3 is 6.03 Å². The number of hydrogen-bond acceptors (Lipinski definition) is 4. The topological polar surface area (TPSA) is 79.8 Å². The van der Waals surface area contributed by atoms with Crippen LogP contribution in [0.25, 0.3) is 0 Å². The molecule has 6 heteroatoms. The molecule has 2 amide bonds. The molecule has 0 unspecified atom stereocenters. The number of methoxy groups -OCH3 is 1. The fraction of sp³-hybridized carbons (Fsp3) is 0.350. The molecule has 0 aromatic heterocycles. The van der Waals surface area contributed by atoms with E-state index in [1.165, 1.54) is 6.07 Å². The van der Waals surface area contributed by atoms with E-state index in [4.69, 9.17) is 9.47 Å². The van der Waals surface area contributed by atoms with E-state index in [9.17, 15) is 9.90 Å². The van der Waals surface area contributed by atoms with Crippen molar-refractivity contribution < 1.29 is 19.4 Å². The van der Waals surface area contributed by atoms with Crippen molar-refractivity contribution in [2.45, 2.75) is 26.7 Å². The van der Waals surface area contributed by atoms with Crippen LogP contribution in [-0.2, 0) is 0 Å². The summed E-state index contributed by atoms with van der Waals surface area (Å²) in [6.45, 7) is 4.94. The number of benzene rings is 2. The minimum Gasteiger partial charge on any atom is -0.506 e. The molecule has 0 heterocycles. The fourth-order valence-corrected chi connectivity index (χ4v) is 2.40. The Morgan fingerprint density at radius 3 is 2.58 bits per heavy atom. The third-order valence-corrected chi connectivity index (χ3v) is 3.76. The maximum atomic E-state index is 12.1. The number of para-hydroxylation sites is 2. The van der Waals surface area contributed by atoms with Gasteiger partial charge in [-0.25, -0.2) is 4.79 Å². The van der Waals surface area contributed by atoms with Gasteiger partial charge < -0.3 is 25.2 Å². The Balaban J connectivity index is 1.99. The number of anilines is 2. The Bertz CT molecular complexity index is 732. The summed E-state index contributed by atoms with van der Waals surface area (Å²) in [4.78, 5) is 12.1. The van der Waals surface area contributed by atoms with Crippen LogP contribution < -0.4 is 20.1 Å². The van der Waals surface area contributed by atoms with Gasteiger partial charge in [0.2, 0.25) is 0 Å². The van der Waals surface area contributed by atoms with Gasteiger partial charge in [-0.15, -0.1) is 0 Å². The number of carbonyl (C=O) groups excluding carboxylic acids is 1. The average Bonchev–Trinajstić information content (AvgIpc) is 2.61. The highest BCUT2D eigenvalue weighted by atomic mass is 16.5. The van der Waals surface area contributed by atoms with Gasteiger partial charge in [0, 0.05) is 11.8 Å². The van der Waals surface area contributed by atoms with Crippen molar-refractivity contribution in [3.05, 3.63) is 42.5 Å². The molecule has 0 aliphatic rings. The second-order valence-corrected chi connectivity index (χ2v) is 6.35. The maximum absolute atomic E-state index is 12.1. The second kappa shape index (κ2) is 9.56. The number of carbonyl (C=O) groups is 1. The number of phenols is 1. The van der Waals surface area contributed by atoms with Crippen molar-refractivity contribution in [1.29, 1.82) is 0 Å². The molecule has 0 radical (unpaired) electrons. The van der Waals surface area contributed by atoms with E-state index in [0.717, 1.165) is 12.8 Å². The van der Waals surface area contributed by atoms with Gasteiger partial charge in [0.1, 0.15) is 5.75 Å². The molecular formula is C20H26N2O4. The molecule has 0 fully saturated rings. The number of phenolic OH excluding ortho intramolecular Hbond substituents is 1. The van der Waals surface area contributed by atoms with Crippen LogP contribution in [0.2, 0.25) is 0 Å². The highest BCUT2D eigenvalue weighted by molar-refractivity contribution is 6.00. The van der Waals surface area contributed by atoms with E-state index >= 15 is 0 Å². The van der Waals surface area contributed by atoms with Crippen LogP contribution in [-0.4, -0.2) is 24.9 Å². The Kier molecular flexibility index (Phi) is 7.14. The van der Waals surface area contributed by atoms with Crippen LogP contribution in [0, 0.1) is 5.92 Å². The Hall–Kier alpha value is -2.89. The number of ether oxygens (including phenoxy) is 2. The number of nitrogens with one attached hydrogen (secondary N) is 2. The molecule has 0 spiro atoms. The summed E-state index contributed by atoms with van der Waals surface area (Å²) in [5.74, 6) is 1.83. The minimum atomic E-state index is -0.456. The lowest BCUT2D eigenvalue weighted by atomic mass is 10.1. The van der Waals surface area contributed by atoms with E-state index in [1.54, 1.807) is 43.5 Å². The van der Waals surface area contributed by atoms with Gasteiger partial charge in [-0.1, -0.05) is 26.0 Å². The maximum Gasteiger partial charge on any atom is 0.323 e. The van der Waals surface area contributed by atoms with Crippen LogP contribution in [0.1, 0.15) is 26.7 Å². The van der Waals surface area contributed by atoms with Gasteiger partial charge in [0.15, 0.2) is 11.5 Å². The Morgan fingerprint density at radius 1 is 1.12 bits per heavy atom. The van der Waals surface area contributed by atoms with Crippen LogP contribution in [0.15, 0.2) is 42.5 Å². The zero-order valence-electron chi connectivity index (χ0n) is 15.4. The monoisotopic (exact) mass is 358 g/mol. The zero-order chi connectivity index (χ0) is 18.9. The van der Waals surface area contributed by atoms with E-state index in [2.05, 4.69) is 24.5 Å². The van der Waals surface area contributed by atoms with Crippen LogP contribution >= 0.6 is 0 Å². The predicted octanol–water partition coefficient (Wildman–Crippen LogP) is 4.86. The van der Waals surface area contributed by atoms with Crippen LogP contribution in [0.3, 0.4) is 0 Å². The van der Waals surface area contributed by atoms with Gasteiger partial charge in [0.25, 0.3) is 0 Å². The molecule has 3 N–H and O–H groups in total. The molecule has 2 rings (SSSR count). The average molecular weight is 358 g/mol. The van der Waals surface area contributed by atoms with E-state index in [1.807, 2.05) is 0 Å². The first-order chi connectivity index (χ1) is 12.5. The molecule has 0 saturated heterocycles. The van der Waals surface area contributed by atoms with Crippen LogP contribution in [0.5, 0.6) is 17.2 Å². The number of amides is 2. The summed E-state index contributed by atoms with van der Waals surface area (Å²) in [5.41, 5.74) is 0.904. The second-order valence-electron chi connectivity index (χ2n) is 6.35. The highest BCUT2D eigenvalue weighted by Gasteiger charge is 2.10. The number of rotatable bonds is 8. The molecular weight excluding hydrogens is 332 g/mol. The molecule has 0 aliphatic heterocycles. The summed E-state index contributed by atoms with van der Waals surface area (Å²) in [7, 11) is 1.58. The van der Waals surface area contributed by atoms with Crippen molar-refractivity contribution in [1.82, 2.24) is 0 Å². The molecule has 26 heavy (non-hydrogen) atoms. The first kappa shape index (κ1) is 19.4. The normalized spacial score (nSPS) is 10.5. The minimum absolute atomic E-state index is 0.00607. The van der Waals surface area contributed by atoms with Gasteiger partial charge in [-0.3, -0.25) is 0 Å². The van der Waals surface area contributed by atoms with Gasteiger partial charge in [-0.05, 0) is 43.0 Å². The molecule has 0 bridgehead atoms. The number of hydrogen-bond donors (Lipinski definition) is 3. The third kappa shape index (κ3) is 5.88. The Morgan fingerprint density at radius 2 is 1.88 bits per heavy atom. The quantitative estimate of drug-likeness (QED) is 0.465. The molecule has 2 aromatic carbocycles. The molecule has 140 valence electrons. The predicted molar refractivity (Wildman–Crippen MR) is 103 cm³/mol. The smallest absolute Gasteiger partial charge is 0.323 e. The van der Waals surface area contributed by atoms with Crippen molar-refractivity contribution in [2.24, 2.45) is 5.92 Å². The lowest BCUT2D eigenvalue weighted by Crippen LogP contribution is -2.19. The summed E-state index contributed by atoms with van der Waals surface area (Å²) in [6.07, 6.45) is 2.04. The van der Waals surface area contributed by atoms with Crippen LogP contribution in [0.4, 0.5) is 16.2 Å². The summed E-state index contributed by atoms with van der Waals surface area (Å²) < 4.78 is 11.1. The fourth-order valence-electron chi connectivity index (χ4n) is 2.40. The molecule has 6 nitrogen and oxygen atoms in total. The molecule has 0 aliphatic carbocycles. The third-order valence-electron chi connectivity index (χ3n) is 3.76. The van der Waals surface area contributed by atoms with Crippen molar-refractivity contribution in [2.75, 3.05) is 24.4 Å². The molecule has 0 saturated carbocycles. The van der Waals surface area contributed by atoms with Gasteiger partial charge in [-0.2, -0.15) is 0 Å². The summed E-state index contributed by atoms with van der Waals surface area (Å²) >= 11 is 0. The first-order valence-electron chi connectivity index (χ1n) is 8.66. The first-order valence-corrected chi connectivity index (χ1v) is 8.66. The SMILES string of the molecule is COc1ccc(NC(=O)Nc2ccccc2O)cc1OCCCC(C)C. The van der Waals surface area contributed by atoms with Crippen molar-refractivity contribution in [3.63, 3.8) is 0 Å². The number of urea groups is 1. The lowest BCUT2D eigenvalue weighted by Gasteiger charge is -2.14. The lowest BCUT2D eigenvalue weighted by molar-refractivity contribution is 0.262. The van der Waals surface area contributed by atoms with Gasteiger partial charge in [0.05, 0.1) is 19.4 Å². The Labute approximate surface area is 154 Å². The standard InChI is InChI=1S/C20H26N2O4/c1-14(2)7-6-12-26-19-13-15(10-11-18(19)25-3)21-20(24)22-16-8-4-5-9-17(16)23/h4-5,8-11,13-14,23H,6-7,12H2,1-3H3,(H2,21,22,24). The van der Waals surface area contributed by atoms with E-state index in [0.29, 0.717) is 35.4 Å². The summed E-state index contributed by atoms with van der Waals surface area (Å²) in [5, 5.41) is 15.0. The zero-order valence-corrected chi connectivity index (χ0v) is 15.4. The van der Waals surface area contributed by atoms with Crippen molar-refractivity contribution in [3.8, 4) is 17.2 Å². The molecule has 0 atom stereocenters. The largest absolute Gasteiger partial charge is 0.506 e. The summed E-state index contributed by atoms with van der Waals surface area (Å²) in [6, 6.07) is 11.3. The van der Waals surface area contributed by atoms with Crippen molar-refractivity contribution >= 4 is 17.4 Å². The van der Waals surface area contributed by atoms with E-state index < -0.39 is 6.03 Å². The molecule has 2 aromatic rings. The highest BCUT2D eigenvalue weighted by Crippen LogP contribution is 2.31. The number of aromatic hydroxyl groups is 1. The van der Waals surface area contributed by atoms with E-state index in [-0.39, 0.29) is 5.75 Å².